The number of carbonyl (C=O) groups is 3. The van der Waals surface area contributed by atoms with Crippen molar-refractivity contribution in [2.45, 2.75) is 37.6 Å². The van der Waals surface area contributed by atoms with Crippen molar-refractivity contribution in [1.29, 1.82) is 0 Å². The molecule has 1 aliphatic rings. The molecule has 0 unspecified atom stereocenters. The summed E-state index contributed by atoms with van der Waals surface area (Å²) in [5.41, 5.74) is 0.969. The summed E-state index contributed by atoms with van der Waals surface area (Å²) in [7, 11) is 1.35. The third-order valence-electron chi connectivity index (χ3n) is 6.30. The Hall–Kier alpha value is -4.24. The number of urea groups is 1. The molecule has 1 aliphatic heterocycles. The first-order valence-corrected chi connectivity index (χ1v) is 12.7. The quantitative estimate of drug-likeness (QED) is 0.322. The van der Waals surface area contributed by atoms with Crippen molar-refractivity contribution < 1.29 is 36.9 Å². The minimum atomic E-state index is -4.62. The van der Waals surface area contributed by atoms with E-state index in [4.69, 9.17) is 16.3 Å². The van der Waals surface area contributed by atoms with Gasteiger partial charge < -0.3 is 25.6 Å². The SMILES string of the molecule is CCc1nonc1C(=O)N[C@H](C(=O)Nc1cc([C@@H](COC)N2C[C@@H](C(F)(F)F)NC2=O)ccn1)c1ccc(Cl)cc1. The number of nitrogens with one attached hydrogen (secondary N) is 3. The molecular formula is C25H25ClF3N7O5. The van der Waals surface area contributed by atoms with Gasteiger partial charge in [0.25, 0.3) is 11.8 Å². The topological polar surface area (TPSA) is 152 Å². The van der Waals surface area contributed by atoms with Crippen LogP contribution in [0.2, 0.25) is 5.02 Å². The number of carbonyl (C=O) groups excluding carboxylic acids is 3. The van der Waals surface area contributed by atoms with Gasteiger partial charge in [-0.2, -0.15) is 13.2 Å². The number of methoxy groups -OCH3 is 1. The molecule has 1 aromatic carbocycles. The van der Waals surface area contributed by atoms with Crippen LogP contribution in [0.25, 0.3) is 0 Å². The van der Waals surface area contributed by atoms with E-state index >= 15 is 0 Å². The van der Waals surface area contributed by atoms with Crippen molar-refractivity contribution >= 4 is 35.3 Å². The molecule has 3 heterocycles. The third kappa shape index (κ3) is 6.92. The standard InChI is InChI=1S/C25H25ClF3N7O5/c1-3-16-21(35-41-34-16)23(38)33-20(13-4-6-15(26)7-5-13)22(37)32-19-10-14(8-9-30-19)17(12-40-2)36-11-18(25(27,28)29)31-24(36)39/h4-10,17-18,20H,3,11-12H2,1-2H3,(H,31,39)(H,33,38)(H,30,32,37)/t17-,18+,20+/m1/s1. The molecule has 2 aromatic heterocycles. The summed E-state index contributed by atoms with van der Waals surface area (Å²) in [6.07, 6.45) is -2.93. The summed E-state index contributed by atoms with van der Waals surface area (Å²) >= 11 is 5.99. The van der Waals surface area contributed by atoms with Crippen LogP contribution in [-0.4, -0.2) is 70.5 Å². The second-order valence-corrected chi connectivity index (χ2v) is 9.44. The number of aryl methyl sites for hydroxylation is 1. The highest BCUT2D eigenvalue weighted by Gasteiger charge is 2.48. The van der Waals surface area contributed by atoms with Gasteiger partial charge in [-0.25, -0.2) is 14.4 Å². The molecule has 3 N–H and O–H groups in total. The highest BCUT2D eigenvalue weighted by molar-refractivity contribution is 6.30. The number of pyridine rings is 1. The predicted molar refractivity (Wildman–Crippen MR) is 138 cm³/mol. The van der Waals surface area contributed by atoms with Gasteiger partial charge in [-0.1, -0.05) is 35.8 Å². The van der Waals surface area contributed by atoms with Gasteiger partial charge in [-0.05, 0) is 47.0 Å². The van der Waals surface area contributed by atoms with Gasteiger partial charge >= 0.3 is 12.2 Å². The Balaban J connectivity index is 1.58. The number of aromatic nitrogens is 3. The van der Waals surface area contributed by atoms with E-state index in [0.29, 0.717) is 28.3 Å². The van der Waals surface area contributed by atoms with Gasteiger partial charge in [-0.3, -0.25) is 9.59 Å². The number of hydrogen-bond donors (Lipinski definition) is 3. The Morgan fingerprint density at radius 2 is 1.95 bits per heavy atom. The van der Waals surface area contributed by atoms with Crippen LogP contribution in [0.15, 0.2) is 47.2 Å². The fraction of sp³-hybridized carbons (Fsp3) is 0.360. The largest absolute Gasteiger partial charge is 0.410 e. The lowest BCUT2D eigenvalue weighted by Gasteiger charge is -2.27. The molecule has 0 aliphatic carbocycles. The Morgan fingerprint density at radius 1 is 1.22 bits per heavy atom. The number of alkyl halides is 3. The molecule has 3 atom stereocenters. The average Bonchev–Trinajstić information content (AvgIpc) is 3.57. The first-order chi connectivity index (χ1) is 19.5. The number of ether oxygens (including phenoxy) is 1. The summed E-state index contributed by atoms with van der Waals surface area (Å²) in [5.74, 6) is -1.38. The number of halogens is 4. The molecule has 1 fully saturated rings. The second-order valence-electron chi connectivity index (χ2n) is 9.00. The molecule has 1 saturated heterocycles. The van der Waals surface area contributed by atoms with Crippen LogP contribution in [0.1, 0.15) is 46.3 Å². The number of benzene rings is 1. The van der Waals surface area contributed by atoms with Crippen LogP contribution >= 0.6 is 11.6 Å². The van der Waals surface area contributed by atoms with E-state index in [0.717, 1.165) is 4.90 Å². The zero-order chi connectivity index (χ0) is 29.7. The lowest BCUT2D eigenvalue weighted by Crippen LogP contribution is -2.40. The fourth-order valence-electron chi connectivity index (χ4n) is 4.22. The molecular weight excluding hydrogens is 571 g/mol. The maximum atomic E-state index is 13.4. The van der Waals surface area contributed by atoms with Crippen LogP contribution in [0.5, 0.6) is 0 Å². The number of rotatable bonds is 10. The molecule has 4 amide bonds. The summed E-state index contributed by atoms with van der Waals surface area (Å²) in [5, 5.41) is 14.9. The Kier molecular flexibility index (Phi) is 9.08. The minimum Gasteiger partial charge on any atom is -0.382 e. The van der Waals surface area contributed by atoms with E-state index in [-0.39, 0.29) is 18.1 Å². The van der Waals surface area contributed by atoms with Crippen LogP contribution in [0, 0.1) is 0 Å². The van der Waals surface area contributed by atoms with Gasteiger partial charge in [0.2, 0.25) is 0 Å². The summed E-state index contributed by atoms with van der Waals surface area (Å²) in [6, 6.07) is 4.01. The fourth-order valence-corrected chi connectivity index (χ4v) is 4.35. The maximum absolute atomic E-state index is 13.4. The monoisotopic (exact) mass is 595 g/mol. The molecule has 4 rings (SSSR count). The Labute approximate surface area is 236 Å². The average molecular weight is 596 g/mol. The van der Waals surface area contributed by atoms with E-state index in [1.165, 1.54) is 25.4 Å². The van der Waals surface area contributed by atoms with E-state index in [9.17, 15) is 27.6 Å². The van der Waals surface area contributed by atoms with Crippen molar-refractivity contribution in [3.8, 4) is 0 Å². The summed E-state index contributed by atoms with van der Waals surface area (Å²) in [4.78, 5) is 43.9. The van der Waals surface area contributed by atoms with Crippen LogP contribution < -0.4 is 16.0 Å². The van der Waals surface area contributed by atoms with Crippen LogP contribution in [0.4, 0.5) is 23.8 Å². The normalized spacial score (nSPS) is 16.7. The van der Waals surface area contributed by atoms with Gasteiger partial charge in [0, 0.05) is 18.3 Å². The number of anilines is 1. The van der Waals surface area contributed by atoms with Crippen LogP contribution in [-0.2, 0) is 16.0 Å². The van der Waals surface area contributed by atoms with E-state index in [1.54, 1.807) is 31.2 Å². The third-order valence-corrected chi connectivity index (χ3v) is 6.55. The van der Waals surface area contributed by atoms with E-state index < -0.39 is 48.7 Å². The van der Waals surface area contributed by atoms with E-state index in [2.05, 4.69) is 30.6 Å². The highest BCUT2D eigenvalue weighted by Crippen LogP contribution is 2.31. The van der Waals surface area contributed by atoms with Crippen LogP contribution in [0.3, 0.4) is 0 Å². The summed E-state index contributed by atoms with van der Waals surface area (Å²) < 4.78 is 49.6. The van der Waals surface area contributed by atoms with Gasteiger partial charge in [0.15, 0.2) is 5.69 Å². The second kappa shape index (κ2) is 12.5. The lowest BCUT2D eigenvalue weighted by molar-refractivity contribution is -0.150. The van der Waals surface area contributed by atoms with Gasteiger partial charge in [-0.15, -0.1) is 0 Å². The first kappa shape index (κ1) is 29.7. The molecule has 0 spiro atoms. The molecule has 0 radical (unpaired) electrons. The van der Waals surface area contributed by atoms with Crippen molar-refractivity contribution in [2.75, 3.05) is 25.6 Å². The van der Waals surface area contributed by atoms with Crippen molar-refractivity contribution in [1.82, 2.24) is 30.8 Å². The molecule has 0 bridgehead atoms. The van der Waals surface area contributed by atoms with Gasteiger partial charge in [0.05, 0.1) is 19.2 Å². The predicted octanol–water partition coefficient (Wildman–Crippen LogP) is 3.43. The molecule has 218 valence electrons. The van der Waals surface area contributed by atoms with E-state index in [1.807, 2.05) is 5.32 Å². The smallest absolute Gasteiger partial charge is 0.382 e. The number of nitrogens with zero attached hydrogens (tertiary/aromatic N) is 4. The molecule has 16 heteroatoms. The van der Waals surface area contributed by atoms with Gasteiger partial charge in [0.1, 0.15) is 23.6 Å². The number of hydrogen-bond acceptors (Lipinski definition) is 8. The highest BCUT2D eigenvalue weighted by atomic mass is 35.5. The molecule has 12 nitrogen and oxygen atoms in total. The molecule has 0 saturated carbocycles. The minimum absolute atomic E-state index is 0.0196. The Morgan fingerprint density at radius 3 is 2.59 bits per heavy atom. The zero-order valence-corrected chi connectivity index (χ0v) is 22.5. The Bertz CT molecular complexity index is 1400. The maximum Gasteiger partial charge on any atom is 0.410 e. The lowest BCUT2D eigenvalue weighted by atomic mass is 10.0. The number of amides is 4. The van der Waals surface area contributed by atoms with Crippen molar-refractivity contribution in [3.05, 3.63) is 70.1 Å². The first-order valence-electron chi connectivity index (χ1n) is 12.3. The summed E-state index contributed by atoms with van der Waals surface area (Å²) in [6.45, 7) is 1.01. The molecule has 41 heavy (non-hydrogen) atoms. The van der Waals surface area contributed by atoms with Crippen molar-refractivity contribution in [2.24, 2.45) is 0 Å². The van der Waals surface area contributed by atoms with Crippen molar-refractivity contribution in [3.63, 3.8) is 0 Å². The zero-order valence-electron chi connectivity index (χ0n) is 21.7. The molecule has 3 aromatic rings.